The molecule has 20 heavy (non-hydrogen) atoms. The summed E-state index contributed by atoms with van der Waals surface area (Å²) in [6, 6.07) is 7.97. The predicted octanol–water partition coefficient (Wildman–Crippen LogP) is 3.14. The summed E-state index contributed by atoms with van der Waals surface area (Å²) in [7, 11) is 0. The molecule has 3 nitrogen and oxygen atoms in total. The third-order valence-corrected chi connectivity index (χ3v) is 4.61. The molecule has 2 aliphatic rings. The van der Waals surface area contributed by atoms with E-state index in [2.05, 4.69) is 18.7 Å². The van der Waals surface area contributed by atoms with Crippen LogP contribution in [0.5, 0.6) is 5.75 Å². The average Bonchev–Trinajstić information content (AvgIpc) is 3.08. The maximum atomic E-state index is 10.7. The number of aliphatic hydroxyl groups is 1. The first kappa shape index (κ1) is 13.9. The number of aliphatic hydroxyl groups excluding tert-OH is 1. The van der Waals surface area contributed by atoms with Gasteiger partial charge in [0, 0.05) is 5.54 Å². The van der Waals surface area contributed by atoms with Gasteiger partial charge in [0.25, 0.3) is 0 Å². The summed E-state index contributed by atoms with van der Waals surface area (Å²) in [4.78, 5) is 2.40. The quantitative estimate of drug-likeness (QED) is 0.896. The van der Waals surface area contributed by atoms with Crippen LogP contribution < -0.4 is 4.74 Å². The molecule has 1 aliphatic heterocycles. The van der Waals surface area contributed by atoms with Gasteiger partial charge in [-0.25, -0.2) is 0 Å². The molecule has 1 aromatic rings. The molecule has 0 radical (unpaired) electrons. The molecule has 1 saturated heterocycles. The average molecular weight is 275 g/mol. The molecular weight excluding hydrogens is 250 g/mol. The molecular formula is C17H25NO2. The van der Waals surface area contributed by atoms with Crippen LogP contribution in [0.2, 0.25) is 0 Å². The molecule has 1 heterocycles. The van der Waals surface area contributed by atoms with E-state index in [1.807, 2.05) is 24.3 Å². The lowest BCUT2D eigenvalue weighted by molar-refractivity contribution is 0.00130. The van der Waals surface area contributed by atoms with Gasteiger partial charge in [0.15, 0.2) is 0 Å². The molecule has 1 aromatic carbocycles. The van der Waals surface area contributed by atoms with Gasteiger partial charge in [-0.15, -0.1) is 0 Å². The van der Waals surface area contributed by atoms with E-state index in [-0.39, 0.29) is 5.54 Å². The summed E-state index contributed by atoms with van der Waals surface area (Å²) in [5.41, 5.74) is 0.764. The number of rotatable bonds is 5. The second-order valence-corrected chi connectivity index (χ2v) is 6.64. The van der Waals surface area contributed by atoms with Crippen LogP contribution in [0.4, 0.5) is 0 Å². The first-order valence-corrected chi connectivity index (χ1v) is 7.77. The number of hydrogen-bond acceptors (Lipinski definition) is 3. The van der Waals surface area contributed by atoms with E-state index in [0.717, 1.165) is 24.4 Å². The van der Waals surface area contributed by atoms with E-state index in [1.165, 1.54) is 25.7 Å². The zero-order chi connectivity index (χ0) is 14.2. The Hall–Kier alpha value is -1.06. The third kappa shape index (κ3) is 2.84. The summed E-state index contributed by atoms with van der Waals surface area (Å²) in [6.07, 6.45) is 4.79. The van der Waals surface area contributed by atoms with Gasteiger partial charge >= 0.3 is 0 Å². The second kappa shape index (κ2) is 5.38. The van der Waals surface area contributed by atoms with Gasteiger partial charge < -0.3 is 9.84 Å². The van der Waals surface area contributed by atoms with E-state index in [4.69, 9.17) is 4.74 Å². The molecule has 2 fully saturated rings. The monoisotopic (exact) mass is 275 g/mol. The SMILES string of the molecule is CC(C)(C(O)c1ccc(OC2CC2)cc1)N1CCCC1. The van der Waals surface area contributed by atoms with Crippen molar-refractivity contribution in [3.63, 3.8) is 0 Å². The molecule has 1 N–H and O–H groups in total. The van der Waals surface area contributed by atoms with E-state index in [9.17, 15) is 5.11 Å². The molecule has 1 saturated carbocycles. The molecule has 0 spiro atoms. The number of ether oxygens (including phenoxy) is 1. The molecule has 0 aromatic heterocycles. The van der Waals surface area contributed by atoms with Crippen LogP contribution in [0.1, 0.15) is 51.2 Å². The van der Waals surface area contributed by atoms with Crippen LogP contribution >= 0.6 is 0 Å². The lowest BCUT2D eigenvalue weighted by atomic mass is 9.89. The van der Waals surface area contributed by atoms with Crippen molar-refractivity contribution >= 4 is 0 Å². The summed E-state index contributed by atoms with van der Waals surface area (Å²) in [6.45, 7) is 6.45. The predicted molar refractivity (Wildman–Crippen MR) is 79.9 cm³/mol. The highest BCUT2D eigenvalue weighted by Gasteiger charge is 2.36. The Morgan fingerprint density at radius 2 is 1.75 bits per heavy atom. The summed E-state index contributed by atoms with van der Waals surface area (Å²) >= 11 is 0. The van der Waals surface area contributed by atoms with Gasteiger partial charge in [0.1, 0.15) is 5.75 Å². The summed E-state index contributed by atoms with van der Waals surface area (Å²) in [5.74, 6) is 0.919. The van der Waals surface area contributed by atoms with Crippen molar-refractivity contribution in [2.45, 2.75) is 57.3 Å². The largest absolute Gasteiger partial charge is 0.490 e. The topological polar surface area (TPSA) is 32.7 Å². The molecule has 1 unspecified atom stereocenters. The highest BCUT2D eigenvalue weighted by Crippen LogP contribution is 2.34. The standard InChI is InChI=1S/C17H25NO2/c1-17(2,18-11-3-4-12-18)16(19)13-5-7-14(8-6-13)20-15-9-10-15/h5-8,15-16,19H,3-4,9-12H2,1-2H3. The molecule has 3 heteroatoms. The summed E-state index contributed by atoms with van der Waals surface area (Å²) < 4.78 is 5.75. The van der Waals surface area contributed by atoms with Crippen LogP contribution in [0, 0.1) is 0 Å². The van der Waals surface area contributed by atoms with Gasteiger partial charge in [0.05, 0.1) is 12.2 Å². The fraction of sp³-hybridized carbons (Fsp3) is 0.647. The highest BCUT2D eigenvalue weighted by molar-refractivity contribution is 5.30. The Balaban J connectivity index is 1.69. The minimum absolute atomic E-state index is 0.213. The Kier molecular flexibility index (Phi) is 3.74. The highest BCUT2D eigenvalue weighted by atomic mass is 16.5. The zero-order valence-corrected chi connectivity index (χ0v) is 12.5. The van der Waals surface area contributed by atoms with Crippen LogP contribution in [0.3, 0.4) is 0 Å². The van der Waals surface area contributed by atoms with Crippen LogP contribution in [-0.2, 0) is 0 Å². The minimum atomic E-state index is -0.462. The van der Waals surface area contributed by atoms with Gasteiger partial charge in [-0.2, -0.15) is 0 Å². The van der Waals surface area contributed by atoms with Crippen LogP contribution in [0.25, 0.3) is 0 Å². The molecule has 3 rings (SSSR count). The van der Waals surface area contributed by atoms with Gasteiger partial charge in [-0.05, 0) is 70.3 Å². The van der Waals surface area contributed by atoms with Gasteiger partial charge in [-0.3, -0.25) is 4.90 Å². The Labute approximate surface area is 121 Å². The first-order chi connectivity index (χ1) is 9.57. The maximum Gasteiger partial charge on any atom is 0.119 e. The van der Waals surface area contributed by atoms with Crippen molar-refractivity contribution in [2.24, 2.45) is 0 Å². The summed E-state index contributed by atoms with van der Waals surface area (Å²) in [5, 5.41) is 10.7. The lowest BCUT2D eigenvalue weighted by Gasteiger charge is -2.39. The van der Waals surface area contributed by atoms with Crippen molar-refractivity contribution in [1.29, 1.82) is 0 Å². The van der Waals surface area contributed by atoms with E-state index >= 15 is 0 Å². The van der Waals surface area contributed by atoms with Crippen molar-refractivity contribution in [2.75, 3.05) is 13.1 Å². The van der Waals surface area contributed by atoms with E-state index in [1.54, 1.807) is 0 Å². The number of hydrogen-bond donors (Lipinski definition) is 1. The van der Waals surface area contributed by atoms with E-state index in [0.29, 0.717) is 6.10 Å². The fourth-order valence-corrected chi connectivity index (χ4v) is 2.98. The number of likely N-dealkylation sites (tertiary alicyclic amines) is 1. The van der Waals surface area contributed by atoms with Crippen molar-refractivity contribution in [1.82, 2.24) is 4.90 Å². The normalized spacial score (nSPS) is 21.9. The second-order valence-electron chi connectivity index (χ2n) is 6.64. The molecule has 1 aliphatic carbocycles. The Morgan fingerprint density at radius 1 is 1.15 bits per heavy atom. The van der Waals surface area contributed by atoms with Gasteiger partial charge in [-0.1, -0.05) is 12.1 Å². The fourth-order valence-electron chi connectivity index (χ4n) is 2.98. The van der Waals surface area contributed by atoms with Crippen molar-refractivity contribution in [3.8, 4) is 5.75 Å². The Morgan fingerprint density at radius 3 is 2.30 bits per heavy atom. The molecule has 110 valence electrons. The smallest absolute Gasteiger partial charge is 0.119 e. The van der Waals surface area contributed by atoms with E-state index < -0.39 is 6.10 Å². The molecule has 0 amide bonds. The maximum absolute atomic E-state index is 10.7. The number of benzene rings is 1. The molecule has 1 atom stereocenters. The third-order valence-electron chi connectivity index (χ3n) is 4.61. The van der Waals surface area contributed by atoms with Gasteiger partial charge in [0.2, 0.25) is 0 Å². The first-order valence-electron chi connectivity index (χ1n) is 7.77. The zero-order valence-electron chi connectivity index (χ0n) is 12.5. The van der Waals surface area contributed by atoms with Crippen molar-refractivity contribution < 1.29 is 9.84 Å². The Bertz CT molecular complexity index is 445. The minimum Gasteiger partial charge on any atom is -0.490 e. The van der Waals surface area contributed by atoms with Crippen LogP contribution in [0.15, 0.2) is 24.3 Å². The van der Waals surface area contributed by atoms with Crippen LogP contribution in [-0.4, -0.2) is 34.7 Å². The lowest BCUT2D eigenvalue weighted by Crippen LogP contribution is -2.46. The molecule has 0 bridgehead atoms. The van der Waals surface area contributed by atoms with Crippen molar-refractivity contribution in [3.05, 3.63) is 29.8 Å². The number of nitrogens with zero attached hydrogens (tertiary/aromatic N) is 1.